The van der Waals surface area contributed by atoms with E-state index in [1.54, 1.807) is 4.90 Å². The standard InChI is InChI=1S/C14H18FN3O3/c15-12-6-11(7-13(8-12)18(20)21)14(19)17-5-1-2-10(9-17)3-4-16/h6-8,10H,1-5,9,16H2. The Hall–Kier alpha value is -2.02. The smallest absolute Gasteiger partial charge is 0.273 e. The highest BCUT2D eigenvalue weighted by molar-refractivity contribution is 5.95. The minimum atomic E-state index is -0.775. The fourth-order valence-electron chi connectivity index (χ4n) is 2.71. The molecule has 1 fully saturated rings. The van der Waals surface area contributed by atoms with Crippen LogP contribution in [0.2, 0.25) is 0 Å². The van der Waals surface area contributed by atoms with E-state index in [1.807, 2.05) is 0 Å². The Morgan fingerprint density at radius 3 is 2.90 bits per heavy atom. The third-order valence-corrected chi connectivity index (χ3v) is 3.72. The highest BCUT2D eigenvalue weighted by atomic mass is 19.1. The van der Waals surface area contributed by atoms with Crippen LogP contribution in [0.1, 0.15) is 29.6 Å². The molecule has 1 amide bonds. The van der Waals surface area contributed by atoms with Crippen LogP contribution in [0.15, 0.2) is 18.2 Å². The summed E-state index contributed by atoms with van der Waals surface area (Å²) in [6.45, 7) is 1.72. The number of halogens is 1. The van der Waals surface area contributed by atoms with E-state index in [1.165, 1.54) is 0 Å². The normalized spacial score (nSPS) is 18.6. The van der Waals surface area contributed by atoms with Gasteiger partial charge in [0.2, 0.25) is 0 Å². The van der Waals surface area contributed by atoms with Crippen molar-refractivity contribution < 1.29 is 14.1 Å². The second-order valence-electron chi connectivity index (χ2n) is 5.29. The van der Waals surface area contributed by atoms with E-state index in [9.17, 15) is 19.3 Å². The molecule has 1 unspecified atom stereocenters. The monoisotopic (exact) mass is 295 g/mol. The summed E-state index contributed by atoms with van der Waals surface area (Å²) in [6.07, 6.45) is 2.73. The maximum absolute atomic E-state index is 13.4. The summed E-state index contributed by atoms with van der Waals surface area (Å²) >= 11 is 0. The number of non-ortho nitro benzene ring substituents is 1. The topological polar surface area (TPSA) is 89.5 Å². The Morgan fingerprint density at radius 2 is 2.24 bits per heavy atom. The number of nitrogens with zero attached hydrogens (tertiary/aromatic N) is 2. The fourth-order valence-corrected chi connectivity index (χ4v) is 2.71. The zero-order chi connectivity index (χ0) is 15.4. The molecule has 1 heterocycles. The number of amides is 1. The van der Waals surface area contributed by atoms with Crippen molar-refractivity contribution >= 4 is 11.6 Å². The van der Waals surface area contributed by atoms with Crippen LogP contribution in [0.4, 0.5) is 10.1 Å². The molecule has 0 aliphatic carbocycles. The van der Waals surface area contributed by atoms with E-state index < -0.39 is 16.4 Å². The van der Waals surface area contributed by atoms with Crippen molar-refractivity contribution in [1.29, 1.82) is 0 Å². The molecule has 114 valence electrons. The number of nitrogens with two attached hydrogens (primary N) is 1. The molecule has 1 aliphatic heterocycles. The molecular formula is C14H18FN3O3. The highest BCUT2D eigenvalue weighted by Crippen LogP contribution is 2.23. The second-order valence-corrected chi connectivity index (χ2v) is 5.29. The molecule has 6 nitrogen and oxygen atoms in total. The highest BCUT2D eigenvalue weighted by Gasteiger charge is 2.25. The number of hydrogen-bond acceptors (Lipinski definition) is 4. The Kier molecular flexibility index (Phi) is 4.85. The van der Waals surface area contributed by atoms with Crippen LogP contribution in [-0.4, -0.2) is 35.4 Å². The zero-order valence-corrected chi connectivity index (χ0v) is 11.6. The van der Waals surface area contributed by atoms with Crippen molar-refractivity contribution in [3.05, 3.63) is 39.7 Å². The van der Waals surface area contributed by atoms with Gasteiger partial charge in [0.25, 0.3) is 11.6 Å². The third kappa shape index (κ3) is 3.75. The number of likely N-dealkylation sites (tertiary alicyclic amines) is 1. The molecule has 0 saturated carbocycles. The molecule has 0 bridgehead atoms. The molecule has 1 atom stereocenters. The molecule has 0 aromatic heterocycles. The van der Waals surface area contributed by atoms with Crippen molar-refractivity contribution in [2.75, 3.05) is 19.6 Å². The van der Waals surface area contributed by atoms with Crippen molar-refractivity contribution in [2.45, 2.75) is 19.3 Å². The lowest BCUT2D eigenvalue weighted by molar-refractivity contribution is -0.385. The molecule has 1 aliphatic rings. The molecule has 1 aromatic carbocycles. The summed E-state index contributed by atoms with van der Waals surface area (Å²) in [7, 11) is 0. The SMILES string of the molecule is NCCC1CCCN(C(=O)c2cc(F)cc([N+](=O)[O-])c2)C1. The van der Waals surface area contributed by atoms with Gasteiger partial charge in [-0.1, -0.05) is 0 Å². The van der Waals surface area contributed by atoms with E-state index in [4.69, 9.17) is 5.73 Å². The van der Waals surface area contributed by atoms with E-state index >= 15 is 0 Å². The van der Waals surface area contributed by atoms with Gasteiger partial charge in [-0.15, -0.1) is 0 Å². The number of hydrogen-bond donors (Lipinski definition) is 1. The quantitative estimate of drug-likeness (QED) is 0.679. The summed E-state index contributed by atoms with van der Waals surface area (Å²) in [4.78, 5) is 24.0. The lowest BCUT2D eigenvalue weighted by Gasteiger charge is -2.32. The van der Waals surface area contributed by atoms with Crippen molar-refractivity contribution in [1.82, 2.24) is 4.90 Å². The first kappa shape index (κ1) is 15.4. The van der Waals surface area contributed by atoms with Gasteiger partial charge in [-0.2, -0.15) is 0 Å². The lowest BCUT2D eigenvalue weighted by atomic mass is 9.94. The van der Waals surface area contributed by atoms with E-state index in [0.717, 1.165) is 37.5 Å². The number of nitro groups is 1. The molecule has 21 heavy (non-hydrogen) atoms. The summed E-state index contributed by atoms with van der Waals surface area (Å²) in [5, 5.41) is 10.7. The molecule has 0 spiro atoms. The number of carbonyl (C=O) groups excluding carboxylic acids is 1. The molecule has 7 heteroatoms. The Bertz CT molecular complexity index is 548. The Labute approximate surface area is 121 Å². The first-order valence-electron chi connectivity index (χ1n) is 6.95. The summed E-state index contributed by atoms with van der Waals surface area (Å²) in [5.41, 5.74) is 5.15. The molecule has 0 radical (unpaired) electrons. The van der Waals surface area contributed by atoms with Crippen LogP contribution in [0, 0.1) is 21.8 Å². The zero-order valence-electron chi connectivity index (χ0n) is 11.6. The first-order chi connectivity index (χ1) is 10.0. The number of nitro benzene ring substituents is 1. The number of benzene rings is 1. The predicted octanol–water partition coefficient (Wildman–Crippen LogP) is 1.93. The van der Waals surface area contributed by atoms with Crippen molar-refractivity contribution in [3.63, 3.8) is 0 Å². The Balaban J connectivity index is 2.17. The molecule has 1 aromatic rings. The van der Waals surface area contributed by atoms with Gasteiger partial charge in [0.15, 0.2) is 0 Å². The number of carbonyl (C=O) groups is 1. The van der Waals surface area contributed by atoms with Gasteiger partial charge < -0.3 is 10.6 Å². The van der Waals surface area contributed by atoms with Crippen LogP contribution in [0.3, 0.4) is 0 Å². The van der Waals surface area contributed by atoms with Gasteiger partial charge >= 0.3 is 0 Å². The second kappa shape index (κ2) is 6.62. The van der Waals surface area contributed by atoms with Crippen LogP contribution < -0.4 is 5.73 Å². The van der Waals surface area contributed by atoms with E-state index in [0.29, 0.717) is 25.6 Å². The average molecular weight is 295 g/mol. The van der Waals surface area contributed by atoms with Crippen molar-refractivity contribution in [2.24, 2.45) is 11.7 Å². The molecule has 2 N–H and O–H groups in total. The van der Waals surface area contributed by atoms with E-state index in [-0.39, 0.29) is 11.5 Å². The fraction of sp³-hybridized carbons (Fsp3) is 0.500. The molecular weight excluding hydrogens is 277 g/mol. The van der Waals surface area contributed by atoms with Crippen LogP contribution in [-0.2, 0) is 0 Å². The largest absolute Gasteiger partial charge is 0.338 e. The molecule has 1 saturated heterocycles. The summed E-state index contributed by atoms with van der Waals surface area (Å²) < 4.78 is 13.4. The maximum atomic E-state index is 13.4. The predicted molar refractivity (Wildman–Crippen MR) is 75.4 cm³/mol. The maximum Gasteiger partial charge on any atom is 0.273 e. The average Bonchev–Trinajstić information content (AvgIpc) is 2.46. The minimum absolute atomic E-state index is 0.0232. The van der Waals surface area contributed by atoms with Crippen LogP contribution >= 0.6 is 0 Å². The Morgan fingerprint density at radius 1 is 1.48 bits per heavy atom. The number of rotatable bonds is 4. The van der Waals surface area contributed by atoms with Gasteiger partial charge in [-0.05, 0) is 37.8 Å². The van der Waals surface area contributed by atoms with E-state index in [2.05, 4.69) is 0 Å². The summed E-state index contributed by atoms with van der Waals surface area (Å²) in [6, 6.07) is 2.98. The van der Waals surface area contributed by atoms with Gasteiger partial charge in [-0.3, -0.25) is 14.9 Å². The molecule has 2 rings (SSSR count). The van der Waals surface area contributed by atoms with Gasteiger partial charge in [0.05, 0.1) is 11.0 Å². The van der Waals surface area contributed by atoms with Gasteiger partial charge in [0, 0.05) is 24.7 Å². The van der Waals surface area contributed by atoms with Crippen LogP contribution in [0.25, 0.3) is 0 Å². The van der Waals surface area contributed by atoms with Gasteiger partial charge in [0.1, 0.15) is 5.82 Å². The van der Waals surface area contributed by atoms with Crippen LogP contribution in [0.5, 0.6) is 0 Å². The summed E-state index contributed by atoms with van der Waals surface area (Å²) in [5.74, 6) is -0.793. The van der Waals surface area contributed by atoms with Crippen molar-refractivity contribution in [3.8, 4) is 0 Å². The third-order valence-electron chi connectivity index (χ3n) is 3.72. The number of piperidine rings is 1. The first-order valence-corrected chi connectivity index (χ1v) is 6.95. The van der Waals surface area contributed by atoms with Gasteiger partial charge in [-0.25, -0.2) is 4.39 Å². The lowest BCUT2D eigenvalue weighted by Crippen LogP contribution is -2.40. The minimum Gasteiger partial charge on any atom is -0.338 e.